The van der Waals surface area contributed by atoms with Gasteiger partial charge in [0.1, 0.15) is 5.82 Å². The summed E-state index contributed by atoms with van der Waals surface area (Å²) in [6.45, 7) is 4.22. The third-order valence-electron chi connectivity index (χ3n) is 3.54. The Balaban J connectivity index is 1.98. The SMILES string of the molecule is Cc1ccc(Cc2nnc3cc(C#N)ccn23)cc1C. The lowest BCUT2D eigenvalue weighted by atomic mass is 10.0. The summed E-state index contributed by atoms with van der Waals surface area (Å²) in [7, 11) is 0. The molecule has 3 aromatic rings. The van der Waals surface area contributed by atoms with E-state index in [2.05, 4.69) is 48.3 Å². The van der Waals surface area contributed by atoms with Crippen molar-refractivity contribution in [1.29, 1.82) is 5.26 Å². The van der Waals surface area contributed by atoms with Crippen molar-refractivity contribution in [2.45, 2.75) is 20.3 Å². The molecule has 2 aromatic heterocycles. The van der Waals surface area contributed by atoms with Crippen LogP contribution in [0.4, 0.5) is 0 Å². The molecular weight excluding hydrogens is 248 g/mol. The second-order valence-corrected chi connectivity index (χ2v) is 4.97. The van der Waals surface area contributed by atoms with Crippen LogP contribution in [0.3, 0.4) is 0 Å². The molecule has 20 heavy (non-hydrogen) atoms. The molecule has 0 aliphatic rings. The van der Waals surface area contributed by atoms with Gasteiger partial charge < -0.3 is 0 Å². The van der Waals surface area contributed by atoms with Crippen LogP contribution in [0.5, 0.6) is 0 Å². The first-order chi connectivity index (χ1) is 9.67. The Morgan fingerprint density at radius 1 is 1.10 bits per heavy atom. The third-order valence-corrected chi connectivity index (χ3v) is 3.54. The van der Waals surface area contributed by atoms with Gasteiger partial charge in [0, 0.05) is 18.7 Å². The van der Waals surface area contributed by atoms with Crippen molar-refractivity contribution in [3.8, 4) is 6.07 Å². The molecule has 3 rings (SSSR count). The van der Waals surface area contributed by atoms with E-state index in [1.54, 1.807) is 12.1 Å². The van der Waals surface area contributed by atoms with Crippen molar-refractivity contribution in [2.24, 2.45) is 0 Å². The largest absolute Gasteiger partial charge is 0.286 e. The first-order valence-electron chi connectivity index (χ1n) is 6.47. The molecule has 0 amide bonds. The van der Waals surface area contributed by atoms with Gasteiger partial charge in [-0.25, -0.2) is 0 Å². The van der Waals surface area contributed by atoms with E-state index in [1.807, 2.05) is 10.6 Å². The Hall–Kier alpha value is -2.67. The van der Waals surface area contributed by atoms with Crippen LogP contribution >= 0.6 is 0 Å². The minimum Gasteiger partial charge on any atom is -0.286 e. The predicted molar refractivity (Wildman–Crippen MR) is 76.4 cm³/mol. The molecule has 0 unspecified atom stereocenters. The van der Waals surface area contributed by atoms with Gasteiger partial charge in [-0.15, -0.1) is 10.2 Å². The van der Waals surface area contributed by atoms with Crippen LogP contribution in [0, 0.1) is 25.2 Å². The summed E-state index contributed by atoms with van der Waals surface area (Å²) in [5.41, 5.74) is 5.10. The molecule has 0 aliphatic carbocycles. The summed E-state index contributed by atoms with van der Waals surface area (Å²) in [5, 5.41) is 17.2. The fourth-order valence-electron chi connectivity index (χ4n) is 2.23. The maximum Gasteiger partial charge on any atom is 0.162 e. The number of rotatable bonds is 2. The van der Waals surface area contributed by atoms with Crippen molar-refractivity contribution in [1.82, 2.24) is 14.6 Å². The smallest absolute Gasteiger partial charge is 0.162 e. The maximum atomic E-state index is 8.89. The molecule has 0 bridgehead atoms. The number of aryl methyl sites for hydroxylation is 2. The average Bonchev–Trinajstić information content (AvgIpc) is 2.85. The van der Waals surface area contributed by atoms with Crippen molar-refractivity contribution in [3.63, 3.8) is 0 Å². The quantitative estimate of drug-likeness (QED) is 0.713. The molecule has 0 fully saturated rings. The molecule has 0 radical (unpaired) electrons. The monoisotopic (exact) mass is 262 g/mol. The molecule has 0 aliphatic heterocycles. The number of aromatic nitrogens is 3. The molecule has 0 saturated heterocycles. The minimum atomic E-state index is 0.600. The molecule has 0 atom stereocenters. The second-order valence-electron chi connectivity index (χ2n) is 4.97. The molecule has 1 aromatic carbocycles. The molecule has 2 heterocycles. The van der Waals surface area contributed by atoms with Crippen molar-refractivity contribution in [2.75, 3.05) is 0 Å². The number of fused-ring (bicyclic) bond motifs is 1. The van der Waals surface area contributed by atoms with E-state index in [9.17, 15) is 0 Å². The van der Waals surface area contributed by atoms with E-state index >= 15 is 0 Å². The summed E-state index contributed by atoms with van der Waals surface area (Å²) in [4.78, 5) is 0. The molecule has 4 nitrogen and oxygen atoms in total. The van der Waals surface area contributed by atoms with Crippen LogP contribution in [-0.4, -0.2) is 14.6 Å². The summed E-state index contributed by atoms with van der Waals surface area (Å²) >= 11 is 0. The van der Waals surface area contributed by atoms with E-state index < -0.39 is 0 Å². The Morgan fingerprint density at radius 3 is 2.70 bits per heavy atom. The zero-order chi connectivity index (χ0) is 14.1. The topological polar surface area (TPSA) is 54.0 Å². The lowest BCUT2D eigenvalue weighted by molar-refractivity contribution is 0.932. The van der Waals surface area contributed by atoms with Gasteiger partial charge in [-0.3, -0.25) is 4.40 Å². The summed E-state index contributed by atoms with van der Waals surface area (Å²) < 4.78 is 1.93. The summed E-state index contributed by atoms with van der Waals surface area (Å²) in [5.74, 6) is 0.882. The second kappa shape index (κ2) is 4.78. The average molecular weight is 262 g/mol. The molecular formula is C16H14N4. The predicted octanol–water partition coefficient (Wildman–Crippen LogP) is 2.81. The van der Waals surface area contributed by atoms with E-state index in [1.165, 1.54) is 16.7 Å². The van der Waals surface area contributed by atoms with Crippen LogP contribution in [0.25, 0.3) is 5.65 Å². The first-order valence-corrected chi connectivity index (χ1v) is 6.47. The van der Waals surface area contributed by atoms with Gasteiger partial charge in [-0.05, 0) is 36.6 Å². The zero-order valence-electron chi connectivity index (χ0n) is 11.5. The number of hydrogen-bond acceptors (Lipinski definition) is 3. The van der Waals surface area contributed by atoms with Crippen LogP contribution in [0.15, 0.2) is 36.5 Å². The number of nitrogens with zero attached hydrogens (tertiary/aromatic N) is 4. The highest BCUT2D eigenvalue weighted by atomic mass is 15.2. The van der Waals surface area contributed by atoms with E-state index in [4.69, 9.17) is 5.26 Å². The van der Waals surface area contributed by atoms with Crippen molar-refractivity contribution < 1.29 is 0 Å². The van der Waals surface area contributed by atoms with Crippen LogP contribution < -0.4 is 0 Å². The van der Waals surface area contributed by atoms with Crippen LogP contribution in [-0.2, 0) is 6.42 Å². The van der Waals surface area contributed by atoms with Crippen molar-refractivity contribution >= 4 is 5.65 Å². The van der Waals surface area contributed by atoms with E-state index in [0.717, 1.165) is 12.2 Å². The van der Waals surface area contributed by atoms with Gasteiger partial charge >= 0.3 is 0 Å². The number of nitriles is 1. The van der Waals surface area contributed by atoms with E-state index in [0.29, 0.717) is 11.2 Å². The Bertz CT molecular complexity index is 824. The molecule has 0 saturated carbocycles. The number of hydrogen-bond donors (Lipinski definition) is 0. The third kappa shape index (κ3) is 2.14. The fraction of sp³-hybridized carbons (Fsp3) is 0.188. The normalized spacial score (nSPS) is 10.7. The van der Waals surface area contributed by atoms with Crippen molar-refractivity contribution in [3.05, 3.63) is 64.6 Å². The van der Waals surface area contributed by atoms with Gasteiger partial charge in [0.2, 0.25) is 0 Å². The van der Waals surface area contributed by atoms with Gasteiger partial charge in [-0.2, -0.15) is 5.26 Å². The van der Waals surface area contributed by atoms with Gasteiger partial charge in [0.05, 0.1) is 11.6 Å². The Morgan fingerprint density at radius 2 is 1.95 bits per heavy atom. The zero-order valence-corrected chi connectivity index (χ0v) is 11.5. The fourth-order valence-corrected chi connectivity index (χ4v) is 2.23. The highest BCUT2D eigenvalue weighted by molar-refractivity contribution is 5.46. The first kappa shape index (κ1) is 12.4. The minimum absolute atomic E-state index is 0.600. The Labute approximate surface area is 117 Å². The van der Waals surface area contributed by atoms with Gasteiger partial charge in [-0.1, -0.05) is 18.2 Å². The summed E-state index contributed by atoms with van der Waals surface area (Å²) in [6.07, 6.45) is 2.58. The highest BCUT2D eigenvalue weighted by Gasteiger charge is 2.07. The lowest BCUT2D eigenvalue weighted by Crippen LogP contribution is -1.97. The molecule has 4 heteroatoms. The number of benzene rings is 1. The van der Waals surface area contributed by atoms with Gasteiger partial charge in [0.25, 0.3) is 0 Å². The lowest BCUT2D eigenvalue weighted by Gasteiger charge is -2.04. The van der Waals surface area contributed by atoms with E-state index in [-0.39, 0.29) is 0 Å². The summed E-state index contributed by atoms with van der Waals surface area (Å²) in [6, 6.07) is 12.1. The molecule has 0 N–H and O–H groups in total. The van der Waals surface area contributed by atoms with Crippen LogP contribution in [0.1, 0.15) is 28.1 Å². The molecule has 98 valence electrons. The van der Waals surface area contributed by atoms with Crippen LogP contribution in [0.2, 0.25) is 0 Å². The Kier molecular flexibility index (Phi) is 2.96. The highest BCUT2D eigenvalue weighted by Crippen LogP contribution is 2.14. The van der Waals surface area contributed by atoms with Gasteiger partial charge in [0.15, 0.2) is 5.65 Å². The standard InChI is InChI=1S/C16H14N4/c1-11-3-4-13(7-12(11)2)8-15-18-19-16-9-14(10-17)5-6-20(15)16/h3-7,9H,8H2,1-2H3. The molecule has 0 spiro atoms. The number of pyridine rings is 1. The maximum absolute atomic E-state index is 8.89.